The van der Waals surface area contributed by atoms with E-state index in [2.05, 4.69) is 25.9 Å². The topological polar surface area (TPSA) is 32.6 Å². The van der Waals surface area contributed by atoms with E-state index in [1.54, 1.807) is 0 Å². The molecule has 0 aromatic carbocycles. The zero-order valence-electron chi connectivity index (χ0n) is 8.04. The van der Waals surface area contributed by atoms with E-state index < -0.39 is 0 Å². The van der Waals surface area contributed by atoms with E-state index in [9.17, 15) is 0 Å². The van der Waals surface area contributed by atoms with Gasteiger partial charge in [-0.1, -0.05) is 25.9 Å². The van der Waals surface area contributed by atoms with Crippen LogP contribution in [-0.4, -0.2) is 10.9 Å². The molecule has 0 aromatic rings. The van der Waals surface area contributed by atoms with Gasteiger partial charge in [0.1, 0.15) is 0 Å². The SMILES string of the molecule is C[C@H]1[C@H]2C[C@@H](C/C2=N/O)C1(C)C. The Bertz CT molecular complexity index is 228. The van der Waals surface area contributed by atoms with Crippen molar-refractivity contribution in [1.82, 2.24) is 0 Å². The molecule has 3 atom stereocenters. The Morgan fingerprint density at radius 2 is 2.17 bits per heavy atom. The van der Waals surface area contributed by atoms with E-state index in [4.69, 9.17) is 5.21 Å². The Hall–Kier alpha value is -0.530. The monoisotopic (exact) mass is 167 g/mol. The van der Waals surface area contributed by atoms with Crippen molar-refractivity contribution in [3.8, 4) is 0 Å². The summed E-state index contributed by atoms with van der Waals surface area (Å²) in [4.78, 5) is 0. The largest absolute Gasteiger partial charge is 0.411 e. The summed E-state index contributed by atoms with van der Waals surface area (Å²) in [5.41, 5.74) is 1.51. The lowest BCUT2D eigenvalue weighted by Gasteiger charge is -2.36. The van der Waals surface area contributed by atoms with Crippen molar-refractivity contribution in [2.75, 3.05) is 0 Å². The Morgan fingerprint density at radius 1 is 1.50 bits per heavy atom. The highest BCUT2D eigenvalue weighted by Crippen LogP contribution is 2.57. The van der Waals surface area contributed by atoms with Crippen molar-refractivity contribution in [2.24, 2.45) is 28.3 Å². The Balaban J connectivity index is 2.29. The molecule has 68 valence electrons. The minimum atomic E-state index is 0.457. The van der Waals surface area contributed by atoms with Crippen molar-refractivity contribution < 1.29 is 5.21 Å². The quantitative estimate of drug-likeness (QED) is 0.436. The Kier molecular flexibility index (Phi) is 1.51. The van der Waals surface area contributed by atoms with Crippen LogP contribution in [0.25, 0.3) is 0 Å². The summed E-state index contributed by atoms with van der Waals surface area (Å²) in [5.74, 6) is 2.00. The fraction of sp³-hybridized carbons (Fsp3) is 0.900. The molecule has 0 spiro atoms. The molecule has 0 amide bonds. The fourth-order valence-electron chi connectivity index (χ4n) is 2.99. The molecular weight excluding hydrogens is 150 g/mol. The minimum absolute atomic E-state index is 0.457. The molecule has 0 unspecified atom stereocenters. The van der Waals surface area contributed by atoms with Crippen LogP contribution in [0.2, 0.25) is 0 Å². The highest BCUT2D eigenvalue weighted by atomic mass is 16.4. The summed E-state index contributed by atoms with van der Waals surface area (Å²) in [6.07, 6.45) is 2.27. The van der Waals surface area contributed by atoms with Crippen LogP contribution in [0.4, 0.5) is 0 Å². The lowest BCUT2D eigenvalue weighted by atomic mass is 9.69. The minimum Gasteiger partial charge on any atom is -0.411 e. The zero-order chi connectivity index (χ0) is 8.93. The van der Waals surface area contributed by atoms with Gasteiger partial charge < -0.3 is 5.21 Å². The third-order valence-electron chi connectivity index (χ3n) is 4.38. The maximum atomic E-state index is 8.76. The summed E-state index contributed by atoms with van der Waals surface area (Å²) in [7, 11) is 0. The summed E-state index contributed by atoms with van der Waals surface area (Å²) >= 11 is 0. The van der Waals surface area contributed by atoms with Gasteiger partial charge in [0.2, 0.25) is 0 Å². The molecule has 0 radical (unpaired) electrons. The summed E-state index contributed by atoms with van der Waals surface area (Å²) in [6, 6.07) is 0. The zero-order valence-corrected chi connectivity index (χ0v) is 8.04. The summed E-state index contributed by atoms with van der Waals surface area (Å²) < 4.78 is 0. The van der Waals surface area contributed by atoms with Crippen LogP contribution in [0.15, 0.2) is 5.16 Å². The number of fused-ring (bicyclic) bond motifs is 2. The summed E-state index contributed by atoms with van der Waals surface area (Å²) in [6.45, 7) is 6.97. The van der Waals surface area contributed by atoms with Gasteiger partial charge in [0.25, 0.3) is 0 Å². The Morgan fingerprint density at radius 3 is 2.58 bits per heavy atom. The fourth-order valence-corrected chi connectivity index (χ4v) is 2.99. The third-order valence-corrected chi connectivity index (χ3v) is 4.38. The number of hydrogen-bond acceptors (Lipinski definition) is 2. The molecule has 0 aromatic heterocycles. The van der Waals surface area contributed by atoms with Gasteiger partial charge >= 0.3 is 0 Å². The first kappa shape index (κ1) is 8.09. The van der Waals surface area contributed by atoms with Crippen molar-refractivity contribution in [2.45, 2.75) is 33.6 Å². The van der Waals surface area contributed by atoms with Crippen LogP contribution in [0.3, 0.4) is 0 Å². The van der Waals surface area contributed by atoms with Gasteiger partial charge in [0, 0.05) is 5.92 Å². The van der Waals surface area contributed by atoms with Crippen molar-refractivity contribution in [3.05, 3.63) is 0 Å². The molecule has 0 heterocycles. The average molecular weight is 167 g/mol. The van der Waals surface area contributed by atoms with E-state index in [-0.39, 0.29) is 0 Å². The van der Waals surface area contributed by atoms with Crippen LogP contribution in [-0.2, 0) is 0 Å². The van der Waals surface area contributed by atoms with Gasteiger partial charge in [0.15, 0.2) is 0 Å². The highest BCUT2D eigenvalue weighted by Gasteiger charge is 2.53. The second kappa shape index (κ2) is 2.24. The van der Waals surface area contributed by atoms with E-state index in [0.717, 1.165) is 18.1 Å². The van der Waals surface area contributed by atoms with Gasteiger partial charge in [-0.3, -0.25) is 0 Å². The number of oxime groups is 1. The smallest absolute Gasteiger partial charge is 0.0607 e. The predicted octanol–water partition coefficient (Wildman–Crippen LogP) is 2.52. The first-order chi connectivity index (χ1) is 5.57. The lowest BCUT2D eigenvalue weighted by molar-refractivity contribution is 0.178. The molecule has 2 heteroatoms. The molecular formula is C10H17NO. The highest BCUT2D eigenvalue weighted by molar-refractivity contribution is 5.90. The van der Waals surface area contributed by atoms with Crippen molar-refractivity contribution in [3.63, 3.8) is 0 Å². The second-order valence-electron chi connectivity index (χ2n) is 4.94. The van der Waals surface area contributed by atoms with Crippen LogP contribution in [0, 0.1) is 23.2 Å². The predicted molar refractivity (Wildman–Crippen MR) is 48.4 cm³/mol. The van der Waals surface area contributed by atoms with E-state index >= 15 is 0 Å². The van der Waals surface area contributed by atoms with E-state index in [1.807, 2.05) is 0 Å². The molecule has 2 bridgehead atoms. The molecule has 2 aliphatic carbocycles. The normalized spacial score (nSPS) is 47.2. The first-order valence-corrected chi connectivity index (χ1v) is 4.78. The molecule has 2 aliphatic rings. The molecule has 1 N–H and O–H groups in total. The van der Waals surface area contributed by atoms with Crippen LogP contribution in [0.1, 0.15) is 33.6 Å². The van der Waals surface area contributed by atoms with Crippen molar-refractivity contribution in [1.29, 1.82) is 0 Å². The number of hydrogen-bond donors (Lipinski definition) is 1. The van der Waals surface area contributed by atoms with Crippen molar-refractivity contribution >= 4 is 5.71 Å². The van der Waals surface area contributed by atoms with Gasteiger partial charge in [-0.15, -0.1) is 0 Å². The molecule has 2 rings (SSSR count). The molecule has 2 nitrogen and oxygen atoms in total. The molecule has 12 heavy (non-hydrogen) atoms. The van der Waals surface area contributed by atoms with Crippen LogP contribution < -0.4 is 0 Å². The molecule has 2 saturated carbocycles. The van der Waals surface area contributed by atoms with Crippen LogP contribution >= 0.6 is 0 Å². The lowest BCUT2D eigenvalue weighted by Crippen LogP contribution is -2.33. The Labute approximate surface area is 73.7 Å². The second-order valence-corrected chi connectivity index (χ2v) is 4.94. The average Bonchev–Trinajstić information content (AvgIpc) is 2.52. The van der Waals surface area contributed by atoms with E-state index in [0.29, 0.717) is 17.3 Å². The summed E-state index contributed by atoms with van der Waals surface area (Å²) in [5, 5.41) is 12.2. The molecule has 0 aliphatic heterocycles. The maximum Gasteiger partial charge on any atom is 0.0607 e. The first-order valence-electron chi connectivity index (χ1n) is 4.78. The van der Waals surface area contributed by atoms with Gasteiger partial charge in [-0.2, -0.15) is 0 Å². The standard InChI is InChI=1S/C10H17NO/c1-6-8-4-7(10(6,2)3)5-9(8)11-12/h6-8,12H,4-5H2,1-3H3/b11-9-/t6-,7-,8+/m0/s1. The maximum absolute atomic E-state index is 8.76. The van der Waals surface area contributed by atoms with Gasteiger partial charge in [0.05, 0.1) is 5.71 Å². The molecule has 2 fully saturated rings. The number of nitrogens with zero attached hydrogens (tertiary/aromatic N) is 1. The third kappa shape index (κ3) is 0.782. The van der Waals surface area contributed by atoms with Gasteiger partial charge in [-0.05, 0) is 30.1 Å². The van der Waals surface area contributed by atoms with Gasteiger partial charge in [-0.25, -0.2) is 0 Å². The number of rotatable bonds is 0. The molecule has 0 saturated heterocycles. The van der Waals surface area contributed by atoms with E-state index in [1.165, 1.54) is 6.42 Å². The van der Waals surface area contributed by atoms with Crippen LogP contribution in [0.5, 0.6) is 0 Å².